The molecule has 3 nitrogen and oxygen atoms in total. The Morgan fingerprint density at radius 2 is 0.862 bits per heavy atom. The van der Waals surface area contributed by atoms with E-state index in [4.69, 9.17) is 14.2 Å². The van der Waals surface area contributed by atoms with Crippen molar-refractivity contribution in [3.8, 4) is 23.0 Å². The van der Waals surface area contributed by atoms with Crippen molar-refractivity contribution in [2.75, 3.05) is 13.2 Å². The maximum atomic E-state index is 6.10. The second-order valence-corrected chi connectivity index (χ2v) is 6.64. The molecule has 0 aliphatic rings. The van der Waals surface area contributed by atoms with E-state index in [1.54, 1.807) is 12.2 Å². The number of hydrogen-bond acceptors (Lipinski definition) is 3. The summed E-state index contributed by atoms with van der Waals surface area (Å²) >= 11 is 0. The Balaban J connectivity index is 1.54. The number of benzene rings is 4. The van der Waals surface area contributed by atoms with E-state index >= 15 is 0 Å². The van der Waals surface area contributed by atoms with Crippen LogP contribution in [0.3, 0.4) is 0 Å². The summed E-state index contributed by atoms with van der Waals surface area (Å²) in [5.41, 5.74) is 0. The van der Waals surface area contributed by atoms with Gasteiger partial charge in [-0.1, -0.05) is 49.6 Å². The van der Waals surface area contributed by atoms with Gasteiger partial charge in [-0.2, -0.15) is 0 Å². The van der Waals surface area contributed by atoms with Crippen molar-refractivity contribution in [3.05, 3.63) is 98.1 Å². The van der Waals surface area contributed by atoms with Crippen LogP contribution in [0.1, 0.15) is 0 Å². The highest BCUT2D eigenvalue weighted by Gasteiger charge is 2.04. The first-order valence-electron chi connectivity index (χ1n) is 9.48. The Kier molecular flexibility index (Phi) is 5.48. The number of fused-ring (bicyclic) bond motifs is 2. The molecule has 0 heterocycles. The van der Waals surface area contributed by atoms with E-state index in [-0.39, 0.29) is 0 Å². The highest BCUT2D eigenvalue weighted by Crippen LogP contribution is 2.30. The van der Waals surface area contributed by atoms with Gasteiger partial charge in [-0.05, 0) is 70.1 Å². The molecule has 0 fully saturated rings. The lowest BCUT2D eigenvalue weighted by Gasteiger charge is -2.10. The van der Waals surface area contributed by atoms with Gasteiger partial charge in [0.2, 0.25) is 0 Å². The van der Waals surface area contributed by atoms with Crippen LogP contribution in [0.25, 0.3) is 21.5 Å². The molecule has 0 amide bonds. The quantitative estimate of drug-likeness (QED) is 0.310. The van der Waals surface area contributed by atoms with Crippen LogP contribution in [0.5, 0.6) is 23.0 Å². The lowest BCUT2D eigenvalue weighted by molar-refractivity contribution is 0.363. The number of ether oxygens (including phenoxy) is 3. The van der Waals surface area contributed by atoms with Crippen molar-refractivity contribution in [1.82, 2.24) is 0 Å². The second kappa shape index (κ2) is 8.53. The summed E-state index contributed by atoms with van der Waals surface area (Å²) in [5, 5.41) is 4.39. The zero-order valence-corrected chi connectivity index (χ0v) is 16.1. The minimum absolute atomic E-state index is 0.497. The van der Waals surface area contributed by atoms with E-state index in [9.17, 15) is 0 Å². The average molecular weight is 382 g/mol. The van der Waals surface area contributed by atoms with Gasteiger partial charge < -0.3 is 14.2 Å². The van der Waals surface area contributed by atoms with Crippen LogP contribution in [0.4, 0.5) is 0 Å². The molecule has 29 heavy (non-hydrogen) atoms. The predicted molar refractivity (Wildman–Crippen MR) is 119 cm³/mol. The molecule has 0 radical (unpaired) electrons. The lowest BCUT2D eigenvalue weighted by Crippen LogP contribution is -1.92. The second-order valence-electron chi connectivity index (χ2n) is 6.64. The fraction of sp³-hybridized carbons (Fsp3) is 0.0769. The molecule has 0 aliphatic heterocycles. The normalized spacial score (nSPS) is 10.6. The van der Waals surface area contributed by atoms with Crippen molar-refractivity contribution in [2.24, 2.45) is 0 Å². The Bertz CT molecular complexity index is 1080. The lowest BCUT2D eigenvalue weighted by atomic mass is 10.1. The third-order valence-electron chi connectivity index (χ3n) is 4.54. The molecule has 3 heteroatoms. The van der Waals surface area contributed by atoms with Gasteiger partial charge >= 0.3 is 0 Å². The number of hydrogen-bond donors (Lipinski definition) is 0. The maximum Gasteiger partial charge on any atom is 0.128 e. The van der Waals surface area contributed by atoms with Crippen molar-refractivity contribution < 1.29 is 14.2 Å². The van der Waals surface area contributed by atoms with Crippen molar-refractivity contribution in [2.45, 2.75) is 0 Å². The Morgan fingerprint density at radius 3 is 1.24 bits per heavy atom. The molecule has 4 aromatic rings. The first kappa shape index (κ1) is 18.6. The third-order valence-corrected chi connectivity index (χ3v) is 4.54. The molecule has 0 N–H and O–H groups in total. The number of rotatable bonds is 8. The SMILES string of the molecule is C=CCOc1ccc2cc(Oc3ccc4cc(OCC=C)ccc4c3)ccc2c1. The summed E-state index contributed by atoms with van der Waals surface area (Å²) in [5.74, 6) is 3.25. The van der Waals surface area contributed by atoms with Crippen molar-refractivity contribution >= 4 is 21.5 Å². The van der Waals surface area contributed by atoms with E-state index in [1.165, 1.54) is 0 Å². The van der Waals surface area contributed by atoms with Crippen LogP contribution in [-0.2, 0) is 0 Å². The molecular formula is C26H22O3. The third kappa shape index (κ3) is 4.41. The average Bonchev–Trinajstić information content (AvgIpc) is 2.76. The van der Waals surface area contributed by atoms with E-state index in [0.29, 0.717) is 13.2 Å². The van der Waals surface area contributed by atoms with Gasteiger partial charge in [0.1, 0.15) is 36.2 Å². The maximum absolute atomic E-state index is 6.10. The van der Waals surface area contributed by atoms with Crippen LogP contribution in [0, 0.1) is 0 Å². The van der Waals surface area contributed by atoms with Gasteiger partial charge in [-0.3, -0.25) is 0 Å². The van der Waals surface area contributed by atoms with Gasteiger partial charge in [0.05, 0.1) is 0 Å². The molecule has 0 saturated heterocycles. The molecule has 0 saturated carbocycles. The molecule has 4 aromatic carbocycles. The minimum Gasteiger partial charge on any atom is -0.490 e. The van der Waals surface area contributed by atoms with Crippen LogP contribution in [-0.4, -0.2) is 13.2 Å². The van der Waals surface area contributed by atoms with E-state index in [2.05, 4.69) is 13.2 Å². The zero-order chi connectivity index (χ0) is 20.1. The van der Waals surface area contributed by atoms with Crippen LogP contribution in [0.15, 0.2) is 98.1 Å². The Labute approximate surface area is 170 Å². The first-order chi connectivity index (χ1) is 14.2. The molecule has 0 spiro atoms. The smallest absolute Gasteiger partial charge is 0.128 e. The highest BCUT2D eigenvalue weighted by atomic mass is 16.5. The summed E-state index contributed by atoms with van der Waals surface area (Å²) in [7, 11) is 0. The standard InChI is InChI=1S/C26H22O3/c1-3-13-27-23-9-5-21-17-25(11-7-19(21)15-23)29-26-12-8-20-16-24(28-14-4-2)10-6-22(20)18-26/h3-12,15-18H,1-2,13-14H2. The van der Waals surface area contributed by atoms with E-state index < -0.39 is 0 Å². The van der Waals surface area contributed by atoms with Gasteiger partial charge in [0.25, 0.3) is 0 Å². The molecule has 144 valence electrons. The summed E-state index contributed by atoms with van der Waals surface area (Å²) in [6.07, 6.45) is 3.47. The van der Waals surface area contributed by atoms with Gasteiger partial charge in [0, 0.05) is 0 Å². The van der Waals surface area contributed by atoms with E-state index in [0.717, 1.165) is 44.5 Å². The summed E-state index contributed by atoms with van der Waals surface area (Å²) in [6, 6.07) is 24.1. The molecular weight excluding hydrogens is 360 g/mol. The van der Waals surface area contributed by atoms with Crippen LogP contribution >= 0.6 is 0 Å². The largest absolute Gasteiger partial charge is 0.490 e. The van der Waals surface area contributed by atoms with E-state index in [1.807, 2.05) is 72.8 Å². The predicted octanol–water partition coefficient (Wildman–Crippen LogP) is 6.91. The van der Waals surface area contributed by atoms with Crippen LogP contribution in [0.2, 0.25) is 0 Å². The van der Waals surface area contributed by atoms with Gasteiger partial charge in [-0.15, -0.1) is 0 Å². The molecule has 0 atom stereocenters. The molecule has 0 aromatic heterocycles. The fourth-order valence-electron chi connectivity index (χ4n) is 3.16. The summed E-state index contributed by atoms with van der Waals surface area (Å²) in [6.45, 7) is 8.34. The summed E-state index contributed by atoms with van der Waals surface area (Å²) in [4.78, 5) is 0. The topological polar surface area (TPSA) is 27.7 Å². The van der Waals surface area contributed by atoms with Gasteiger partial charge in [-0.25, -0.2) is 0 Å². The fourth-order valence-corrected chi connectivity index (χ4v) is 3.16. The minimum atomic E-state index is 0.497. The molecule has 0 bridgehead atoms. The molecule has 4 rings (SSSR count). The van der Waals surface area contributed by atoms with Crippen molar-refractivity contribution in [1.29, 1.82) is 0 Å². The molecule has 0 unspecified atom stereocenters. The first-order valence-corrected chi connectivity index (χ1v) is 9.48. The highest BCUT2D eigenvalue weighted by molar-refractivity contribution is 5.86. The van der Waals surface area contributed by atoms with Crippen LogP contribution < -0.4 is 14.2 Å². The monoisotopic (exact) mass is 382 g/mol. The molecule has 0 aliphatic carbocycles. The van der Waals surface area contributed by atoms with Gasteiger partial charge in [0.15, 0.2) is 0 Å². The Hall–Kier alpha value is -3.72. The Morgan fingerprint density at radius 1 is 0.517 bits per heavy atom. The summed E-state index contributed by atoms with van der Waals surface area (Å²) < 4.78 is 17.3. The zero-order valence-electron chi connectivity index (χ0n) is 16.1. The van der Waals surface area contributed by atoms with Crippen molar-refractivity contribution in [3.63, 3.8) is 0 Å².